The monoisotopic (exact) mass is 1140 g/mol. The number of hydrogen-bond donors (Lipinski definition) is 2. The number of hydrogen-bond acceptors (Lipinski definition) is 6. The number of rotatable bonds is 62. The number of nitrogens with one attached hydrogen (secondary N) is 1. The zero-order valence-electron chi connectivity index (χ0n) is 53.6. The summed E-state index contributed by atoms with van der Waals surface area (Å²) in [6, 6.07) is -0.852. The quantitative estimate of drug-likeness (QED) is 0.0205. The number of allylic oxidation sites excluding steroid dienone is 9. The van der Waals surface area contributed by atoms with Crippen LogP contribution >= 0.6 is 7.82 Å². The first kappa shape index (κ1) is 77.7. The van der Waals surface area contributed by atoms with E-state index in [4.69, 9.17) is 13.8 Å². The maximum atomic E-state index is 13.6. The summed E-state index contributed by atoms with van der Waals surface area (Å²) >= 11 is 0. The van der Waals surface area contributed by atoms with Crippen LogP contribution in [-0.2, 0) is 27.9 Å². The molecule has 2 N–H and O–H groups in total. The Hall–Kier alpha value is -2.29. The molecule has 1 amide bonds. The van der Waals surface area contributed by atoms with E-state index in [0.29, 0.717) is 17.4 Å². The molecule has 0 aromatic carbocycles. The molecule has 0 radical (unpaired) electrons. The minimum atomic E-state index is -4.45. The zero-order valence-corrected chi connectivity index (χ0v) is 54.5. The second-order valence-corrected chi connectivity index (χ2v) is 25.8. The SMILES string of the molecule is CCCCC/C=C\C/C=C\C/C=C\CCCCCCCCCCCCCCC(=O)OC(/C=C\CCCCCCCCCCCC)C(COP(=O)(O)OCC[N+](C)(C)C)NC(=O)CCCCCCCCC/C=C/CCCCCCCC. The van der Waals surface area contributed by atoms with Gasteiger partial charge in [-0.05, 0) is 96.0 Å². The van der Waals surface area contributed by atoms with Crippen LogP contribution in [0.2, 0.25) is 0 Å². The first-order chi connectivity index (χ1) is 38.9. The molecule has 0 rings (SSSR count). The van der Waals surface area contributed by atoms with Gasteiger partial charge in [0.1, 0.15) is 19.3 Å². The molecule has 80 heavy (non-hydrogen) atoms. The lowest BCUT2D eigenvalue weighted by Gasteiger charge is -2.27. The first-order valence-electron chi connectivity index (χ1n) is 34.1. The largest absolute Gasteiger partial charge is 0.472 e. The number of esters is 1. The Labute approximate surface area is 496 Å². The van der Waals surface area contributed by atoms with Gasteiger partial charge in [-0.3, -0.25) is 18.6 Å². The number of unbranched alkanes of at least 4 members (excludes halogenated alkanes) is 38. The van der Waals surface area contributed by atoms with Crippen molar-refractivity contribution in [3.05, 3.63) is 60.8 Å². The molecule has 3 unspecified atom stereocenters. The number of nitrogens with zero attached hydrogens (tertiary/aromatic N) is 1. The summed E-state index contributed by atoms with van der Waals surface area (Å²) in [5.41, 5.74) is 0. The molecule has 0 fully saturated rings. The van der Waals surface area contributed by atoms with Crippen LogP contribution in [-0.4, -0.2) is 74.3 Å². The molecule has 0 aliphatic heterocycles. The molecule has 0 heterocycles. The number of carbonyl (C=O) groups is 2. The Morgan fingerprint density at radius 3 is 1.18 bits per heavy atom. The standard InChI is InChI=1S/C70H131N2O7P/c1-7-10-13-16-19-22-25-28-30-32-33-34-35-36-37-38-39-41-43-45-48-51-54-57-60-63-70(74)79-68(61-58-55-52-49-46-27-24-21-18-15-12-9-3)67(66-78-80(75,76)77-65-64-72(4,5)6)71-69(73)62-59-56-53-50-47-44-42-40-31-29-26-23-20-17-14-11-8-2/h19,22,28-31,33-34,58,61,67-68H,7-18,20-21,23-27,32,35-57,59-60,62-66H2,1-6H3,(H-,71,73,75,76)/p+1/b22-19-,30-28-,31-29+,34-33-,61-58-. The highest BCUT2D eigenvalue weighted by Gasteiger charge is 2.30. The van der Waals surface area contributed by atoms with Crippen LogP contribution in [0.25, 0.3) is 0 Å². The van der Waals surface area contributed by atoms with Crippen molar-refractivity contribution in [1.29, 1.82) is 0 Å². The van der Waals surface area contributed by atoms with E-state index in [1.54, 1.807) is 0 Å². The lowest BCUT2D eigenvalue weighted by atomic mass is 10.0. The van der Waals surface area contributed by atoms with Gasteiger partial charge in [-0.25, -0.2) is 4.57 Å². The third-order valence-electron chi connectivity index (χ3n) is 15.2. The summed E-state index contributed by atoms with van der Waals surface area (Å²) in [7, 11) is 1.50. The van der Waals surface area contributed by atoms with Crippen LogP contribution in [0.3, 0.4) is 0 Å². The smallest absolute Gasteiger partial charge is 0.456 e. The molecular weight excluding hydrogens is 1010 g/mol. The van der Waals surface area contributed by atoms with Gasteiger partial charge in [0.2, 0.25) is 5.91 Å². The van der Waals surface area contributed by atoms with Gasteiger partial charge in [-0.15, -0.1) is 0 Å². The van der Waals surface area contributed by atoms with Crippen LogP contribution in [0, 0.1) is 0 Å². The van der Waals surface area contributed by atoms with Gasteiger partial charge in [0.05, 0.1) is 33.8 Å². The minimum Gasteiger partial charge on any atom is -0.456 e. The van der Waals surface area contributed by atoms with Gasteiger partial charge in [0.25, 0.3) is 0 Å². The molecule has 9 nitrogen and oxygen atoms in total. The molecule has 3 atom stereocenters. The van der Waals surface area contributed by atoms with E-state index in [-0.39, 0.29) is 31.5 Å². The summed E-state index contributed by atoms with van der Waals surface area (Å²) in [4.78, 5) is 37.8. The van der Waals surface area contributed by atoms with E-state index in [9.17, 15) is 19.0 Å². The number of likely N-dealkylation sites (N-methyl/N-ethyl adjacent to an activating group) is 1. The molecule has 468 valence electrons. The average Bonchev–Trinajstić information content (AvgIpc) is 3.42. The predicted molar refractivity (Wildman–Crippen MR) is 346 cm³/mol. The number of phosphoric acid groups is 1. The van der Waals surface area contributed by atoms with Gasteiger partial charge >= 0.3 is 13.8 Å². The Bertz CT molecular complexity index is 1550. The summed E-state index contributed by atoms with van der Waals surface area (Å²) in [5, 5.41) is 3.06. The molecule has 0 aliphatic carbocycles. The molecular formula is C70H132N2O7P+. The van der Waals surface area contributed by atoms with Gasteiger partial charge in [0, 0.05) is 12.8 Å². The Balaban J connectivity index is 5.10. The van der Waals surface area contributed by atoms with E-state index in [1.165, 1.54) is 205 Å². The fourth-order valence-electron chi connectivity index (χ4n) is 9.88. The fraction of sp³-hybridized carbons (Fsp3) is 0.829. The van der Waals surface area contributed by atoms with Gasteiger partial charge < -0.3 is 19.4 Å². The van der Waals surface area contributed by atoms with Crippen molar-refractivity contribution in [1.82, 2.24) is 5.32 Å². The van der Waals surface area contributed by atoms with Crippen LogP contribution in [0.1, 0.15) is 323 Å². The third-order valence-corrected chi connectivity index (χ3v) is 16.2. The molecule has 0 bridgehead atoms. The van der Waals surface area contributed by atoms with Crippen molar-refractivity contribution in [2.75, 3.05) is 40.9 Å². The lowest BCUT2D eigenvalue weighted by molar-refractivity contribution is -0.870. The first-order valence-corrected chi connectivity index (χ1v) is 35.6. The van der Waals surface area contributed by atoms with Crippen LogP contribution in [0.5, 0.6) is 0 Å². The van der Waals surface area contributed by atoms with Crippen molar-refractivity contribution in [2.45, 2.75) is 335 Å². The van der Waals surface area contributed by atoms with Gasteiger partial charge in [-0.1, -0.05) is 275 Å². The molecule has 0 aromatic heterocycles. The molecule has 0 aliphatic rings. The van der Waals surface area contributed by atoms with E-state index in [2.05, 4.69) is 74.7 Å². The van der Waals surface area contributed by atoms with Crippen LogP contribution < -0.4 is 5.32 Å². The molecule has 0 aromatic rings. The molecule has 0 saturated carbocycles. The highest BCUT2D eigenvalue weighted by Crippen LogP contribution is 2.43. The predicted octanol–water partition coefficient (Wildman–Crippen LogP) is 21.4. The third kappa shape index (κ3) is 60.3. The summed E-state index contributed by atoms with van der Waals surface area (Å²) in [6.45, 7) is 7.01. The molecule has 10 heteroatoms. The van der Waals surface area contributed by atoms with E-state index >= 15 is 0 Å². The topological polar surface area (TPSA) is 111 Å². The van der Waals surface area contributed by atoms with Crippen molar-refractivity contribution in [2.24, 2.45) is 0 Å². The highest BCUT2D eigenvalue weighted by atomic mass is 31.2. The van der Waals surface area contributed by atoms with Crippen molar-refractivity contribution >= 4 is 19.7 Å². The Kier molecular flexibility index (Phi) is 58.1. The highest BCUT2D eigenvalue weighted by molar-refractivity contribution is 7.47. The summed E-state index contributed by atoms with van der Waals surface area (Å²) in [5.74, 6) is -0.502. The zero-order chi connectivity index (χ0) is 58.6. The maximum absolute atomic E-state index is 13.6. The van der Waals surface area contributed by atoms with Gasteiger partial charge in [-0.2, -0.15) is 0 Å². The summed E-state index contributed by atoms with van der Waals surface area (Å²) < 4.78 is 30.8. The number of carbonyl (C=O) groups excluding carboxylic acids is 2. The number of quaternary nitrogens is 1. The summed E-state index contributed by atoms with van der Waals surface area (Å²) in [6.07, 6.45) is 76.5. The second kappa shape index (κ2) is 59.9. The van der Waals surface area contributed by atoms with Gasteiger partial charge in [0.15, 0.2) is 0 Å². The normalized spacial score (nSPS) is 13.9. The lowest BCUT2D eigenvalue weighted by Crippen LogP contribution is -2.47. The molecule has 0 spiro atoms. The van der Waals surface area contributed by atoms with Crippen molar-refractivity contribution in [3.63, 3.8) is 0 Å². The van der Waals surface area contributed by atoms with Crippen LogP contribution in [0.4, 0.5) is 0 Å². The maximum Gasteiger partial charge on any atom is 0.472 e. The Morgan fingerprint density at radius 2 is 0.762 bits per heavy atom. The van der Waals surface area contributed by atoms with Crippen LogP contribution in [0.15, 0.2) is 60.8 Å². The van der Waals surface area contributed by atoms with Crippen molar-refractivity contribution < 1.29 is 37.3 Å². The number of ether oxygens (including phenoxy) is 1. The van der Waals surface area contributed by atoms with E-state index < -0.39 is 20.0 Å². The minimum absolute atomic E-state index is 0.0390. The Morgan fingerprint density at radius 1 is 0.438 bits per heavy atom. The average molecular weight is 1140 g/mol. The van der Waals surface area contributed by atoms with E-state index in [1.807, 2.05) is 33.3 Å². The fourth-order valence-corrected chi connectivity index (χ4v) is 10.6. The van der Waals surface area contributed by atoms with E-state index in [0.717, 1.165) is 83.5 Å². The van der Waals surface area contributed by atoms with Crippen molar-refractivity contribution in [3.8, 4) is 0 Å². The molecule has 0 saturated heterocycles. The number of phosphoric ester groups is 1. The number of amides is 1. The second-order valence-electron chi connectivity index (χ2n) is 24.3.